The molecule has 0 saturated heterocycles. The first-order valence-electron chi connectivity index (χ1n) is 13.9. The quantitative estimate of drug-likeness (QED) is 0.171. The Bertz CT molecular complexity index is 1100. The number of nitrogens with zero attached hydrogens (tertiary/aromatic N) is 2. The van der Waals surface area contributed by atoms with E-state index >= 15 is 0 Å². The molecule has 14 heteroatoms. The van der Waals surface area contributed by atoms with E-state index in [0.29, 0.717) is 23.2 Å². The second-order valence-corrected chi connectivity index (χ2v) is 10.7. The predicted octanol–water partition coefficient (Wildman–Crippen LogP) is 4.96. The highest BCUT2D eigenvalue weighted by Crippen LogP contribution is 2.35. The number of benzene rings is 2. The molecule has 220 valence electrons. The summed E-state index contributed by atoms with van der Waals surface area (Å²) in [6, 6.07) is 11.2. The lowest BCUT2D eigenvalue weighted by molar-refractivity contribution is -0.385. The second kappa shape index (κ2) is 14.1. The molecular formula is C27H36N8O6. The Kier molecular flexibility index (Phi) is 10.1. The van der Waals surface area contributed by atoms with Crippen molar-refractivity contribution in [3.8, 4) is 0 Å². The summed E-state index contributed by atoms with van der Waals surface area (Å²) in [7, 11) is 0. The van der Waals surface area contributed by atoms with E-state index in [-0.39, 0.29) is 35.5 Å². The maximum atomic E-state index is 12.3. The number of nitrogens with one attached hydrogen (secondary N) is 6. The van der Waals surface area contributed by atoms with Gasteiger partial charge in [-0.1, -0.05) is 0 Å². The van der Waals surface area contributed by atoms with Crippen molar-refractivity contribution in [2.75, 3.05) is 10.9 Å². The highest BCUT2D eigenvalue weighted by molar-refractivity contribution is 5.76. The maximum Gasteiger partial charge on any atom is 0.333 e. The SMILES string of the molecule is O=C(NNc1ccc([N+](=O)[O-])cc1)NC1CCC(CC2CCC(NC(=O)NNc3ccc([N+](=O)[O-])cc3)CC2)CC1. The van der Waals surface area contributed by atoms with Crippen LogP contribution in [0.25, 0.3) is 0 Å². The summed E-state index contributed by atoms with van der Waals surface area (Å²) < 4.78 is 0. The van der Waals surface area contributed by atoms with Gasteiger partial charge in [0.1, 0.15) is 0 Å². The molecule has 2 aromatic rings. The summed E-state index contributed by atoms with van der Waals surface area (Å²) in [6.07, 6.45) is 9.13. The molecule has 2 fully saturated rings. The largest absolute Gasteiger partial charge is 0.334 e. The lowest BCUT2D eigenvalue weighted by Gasteiger charge is -2.34. The van der Waals surface area contributed by atoms with E-state index in [0.717, 1.165) is 51.4 Å². The number of hydrazine groups is 2. The number of urea groups is 2. The minimum Gasteiger partial charge on any atom is -0.334 e. The first kappa shape index (κ1) is 29.4. The maximum absolute atomic E-state index is 12.3. The molecule has 0 aromatic heterocycles. The van der Waals surface area contributed by atoms with Gasteiger partial charge in [-0.05, 0) is 93.9 Å². The highest BCUT2D eigenvalue weighted by Gasteiger charge is 2.28. The van der Waals surface area contributed by atoms with Crippen LogP contribution >= 0.6 is 0 Å². The van der Waals surface area contributed by atoms with Gasteiger partial charge in [0.05, 0.1) is 21.2 Å². The predicted molar refractivity (Wildman–Crippen MR) is 153 cm³/mol. The van der Waals surface area contributed by atoms with Crippen molar-refractivity contribution in [3.05, 3.63) is 68.8 Å². The van der Waals surface area contributed by atoms with Gasteiger partial charge >= 0.3 is 12.1 Å². The van der Waals surface area contributed by atoms with Gasteiger partial charge in [0, 0.05) is 36.3 Å². The van der Waals surface area contributed by atoms with E-state index in [9.17, 15) is 29.8 Å². The van der Waals surface area contributed by atoms with Crippen molar-refractivity contribution < 1.29 is 19.4 Å². The van der Waals surface area contributed by atoms with Crippen molar-refractivity contribution in [2.24, 2.45) is 11.8 Å². The average Bonchev–Trinajstić information content (AvgIpc) is 2.97. The molecule has 2 aliphatic carbocycles. The van der Waals surface area contributed by atoms with Crippen LogP contribution in [0.2, 0.25) is 0 Å². The summed E-state index contributed by atoms with van der Waals surface area (Å²) in [5.41, 5.74) is 11.8. The zero-order chi connectivity index (χ0) is 29.2. The van der Waals surface area contributed by atoms with Crippen molar-refractivity contribution in [2.45, 2.75) is 69.9 Å². The molecule has 4 amide bonds. The third-order valence-electron chi connectivity index (χ3n) is 7.83. The van der Waals surface area contributed by atoms with Gasteiger partial charge in [-0.15, -0.1) is 0 Å². The van der Waals surface area contributed by atoms with E-state index in [4.69, 9.17) is 0 Å². The molecule has 0 spiro atoms. The van der Waals surface area contributed by atoms with Crippen LogP contribution in [0.4, 0.5) is 32.3 Å². The fourth-order valence-corrected chi connectivity index (χ4v) is 5.59. The number of nitro benzene ring substituents is 2. The van der Waals surface area contributed by atoms with Gasteiger partial charge in [0.15, 0.2) is 0 Å². The number of hydrogen-bond donors (Lipinski definition) is 6. The Morgan fingerprint density at radius 2 is 0.951 bits per heavy atom. The molecule has 6 N–H and O–H groups in total. The Hall–Kier alpha value is -4.62. The number of carbonyl (C=O) groups is 2. The molecule has 4 rings (SSSR count). The molecule has 0 radical (unpaired) electrons. The first-order chi connectivity index (χ1) is 19.7. The lowest BCUT2D eigenvalue weighted by atomic mass is 9.76. The Morgan fingerprint density at radius 1 is 0.610 bits per heavy atom. The van der Waals surface area contributed by atoms with Gasteiger partial charge in [-0.25, -0.2) is 9.59 Å². The number of nitro groups is 2. The number of hydrogen-bond acceptors (Lipinski definition) is 8. The third kappa shape index (κ3) is 9.22. The molecule has 0 bridgehead atoms. The van der Waals surface area contributed by atoms with E-state index in [1.54, 1.807) is 0 Å². The monoisotopic (exact) mass is 568 g/mol. The summed E-state index contributed by atoms with van der Waals surface area (Å²) in [5.74, 6) is 1.27. The smallest absolute Gasteiger partial charge is 0.333 e. The van der Waals surface area contributed by atoms with E-state index in [1.807, 2.05) is 0 Å². The van der Waals surface area contributed by atoms with Crippen LogP contribution in [0.5, 0.6) is 0 Å². The molecule has 0 aliphatic heterocycles. The molecule has 0 atom stereocenters. The topological polar surface area (TPSA) is 193 Å². The summed E-state index contributed by atoms with van der Waals surface area (Å²) in [5, 5.41) is 27.5. The number of carbonyl (C=O) groups excluding carboxylic acids is 2. The highest BCUT2D eigenvalue weighted by atomic mass is 16.6. The average molecular weight is 569 g/mol. The van der Waals surface area contributed by atoms with Gasteiger partial charge < -0.3 is 10.6 Å². The van der Waals surface area contributed by atoms with Crippen LogP contribution in [0.3, 0.4) is 0 Å². The molecule has 2 aromatic carbocycles. The van der Waals surface area contributed by atoms with Crippen molar-refractivity contribution in [3.63, 3.8) is 0 Å². The number of rotatable bonds is 10. The van der Waals surface area contributed by atoms with Crippen LogP contribution in [-0.4, -0.2) is 34.0 Å². The fourth-order valence-electron chi connectivity index (χ4n) is 5.59. The number of amides is 4. The Morgan fingerprint density at radius 3 is 1.27 bits per heavy atom. The molecule has 0 unspecified atom stereocenters. The second-order valence-electron chi connectivity index (χ2n) is 10.7. The molecule has 14 nitrogen and oxygen atoms in total. The van der Waals surface area contributed by atoms with Crippen LogP contribution in [0, 0.1) is 32.1 Å². The standard InChI is InChI=1S/C27H36N8O6/c36-26(32-30-22-9-13-24(14-10-22)34(38)39)28-20-5-1-18(2-6-20)17-19-3-7-21(8-4-19)29-27(37)33-31-23-11-15-25(16-12-23)35(40)41/h9-16,18-21,30-31H,1-8,17H2,(H2,28,32,36)(H2,29,33,37). The van der Waals surface area contributed by atoms with Gasteiger partial charge in [0.25, 0.3) is 11.4 Å². The molecule has 0 heterocycles. The van der Waals surface area contributed by atoms with Gasteiger partial charge in [0.2, 0.25) is 0 Å². The fraction of sp³-hybridized carbons (Fsp3) is 0.481. The van der Waals surface area contributed by atoms with Crippen molar-refractivity contribution in [1.82, 2.24) is 21.5 Å². The zero-order valence-corrected chi connectivity index (χ0v) is 22.6. The summed E-state index contributed by atoms with van der Waals surface area (Å²) in [4.78, 5) is 45.0. The van der Waals surface area contributed by atoms with Crippen LogP contribution in [-0.2, 0) is 0 Å². The lowest BCUT2D eigenvalue weighted by Crippen LogP contribution is -2.46. The minimum atomic E-state index is -0.475. The van der Waals surface area contributed by atoms with Crippen molar-refractivity contribution in [1.29, 1.82) is 0 Å². The van der Waals surface area contributed by atoms with Crippen molar-refractivity contribution >= 4 is 34.8 Å². The van der Waals surface area contributed by atoms with E-state index in [2.05, 4.69) is 32.3 Å². The minimum absolute atomic E-state index is 0.0137. The summed E-state index contributed by atoms with van der Waals surface area (Å²) in [6.45, 7) is 0. The number of non-ortho nitro benzene ring substituents is 2. The molecule has 41 heavy (non-hydrogen) atoms. The first-order valence-corrected chi connectivity index (χ1v) is 13.9. The van der Waals surface area contributed by atoms with Crippen LogP contribution in [0.1, 0.15) is 57.8 Å². The number of anilines is 2. The van der Waals surface area contributed by atoms with Gasteiger partial charge in [-0.3, -0.25) is 41.9 Å². The third-order valence-corrected chi connectivity index (χ3v) is 7.83. The molecular weight excluding hydrogens is 532 g/mol. The van der Waals surface area contributed by atoms with Crippen LogP contribution < -0.4 is 32.3 Å². The van der Waals surface area contributed by atoms with Gasteiger partial charge in [-0.2, -0.15) is 0 Å². The zero-order valence-electron chi connectivity index (χ0n) is 22.6. The van der Waals surface area contributed by atoms with E-state index < -0.39 is 9.85 Å². The summed E-state index contributed by atoms with van der Waals surface area (Å²) >= 11 is 0. The molecule has 2 saturated carbocycles. The normalized spacial score (nSPS) is 22.0. The Balaban J connectivity index is 1.06. The Labute approximate surface area is 237 Å². The van der Waals surface area contributed by atoms with Crippen LogP contribution in [0.15, 0.2) is 48.5 Å². The van der Waals surface area contributed by atoms with E-state index in [1.165, 1.54) is 55.0 Å². The molecule has 2 aliphatic rings.